The summed E-state index contributed by atoms with van der Waals surface area (Å²) in [6, 6.07) is 16.4. The van der Waals surface area contributed by atoms with Crippen LogP contribution in [0.3, 0.4) is 0 Å². The maximum atomic E-state index is 12.2. The van der Waals surface area contributed by atoms with Crippen molar-refractivity contribution >= 4 is 39.1 Å². The molecule has 0 amide bonds. The minimum atomic E-state index is -4.95. The molecule has 0 spiro atoms. The number of carbonyl (C=O) groups is 2. The largest absolute Gasteiger partial charge is 0.466 e. The molecule has 0 aliphatic carbocycles. The van der Waals surface area contributed by atoms with Crippen LogP contribution in [0, 0.1) is 0 Å². The average Bonchev–Trinajstić information content (AvgIpc) is 2.95. The smallest absolute Gasteiger partial charge is 0.462 e. The fourth-order valence-corrected chi connectivity index (χ4v) is 4.86. The standard InChI is InChI=1S/C25H29NO12S2/c27-20-18(15-36-24(31)17-11-5-2-6-12-17)37-25(22(29)21(20)28)39-19(26-38-40(32,33)34)13-7-8-14-35-23(30)16-9-3-1-4-10-16/h1-6,9-12,18,20-22,25,27-29H,7-8,13-15H2,(H,32,33,34). The van der Waals surface area contributed by atoms with Gasteiger partial charge >= 0.3 is 22.3 Å². The molecule has 13 nitrogen and oxygen atoms in total. The van der Waals surface area contributed by atoms with Crippen LogP contribution in [0.15, 0.2) is 65.8 Å². The fourth-order valence-electron chi connectivity index (χ4n) is 3.52. The zero-order valence-corrected chi connectivity index (χ0v) is 22.6. The molecule has 15 heteroatoms. The summed E-state index contributed by atoms with van der Waals surface area (Å²) in [5, 5.41) is 34.5. The first kappa shape index (κ1) is 31.5. The Hall–Kier alpha value is -3.05. The van der Waals surface area contributed by atoms with E-state index in [-0.39, 0.29) is 23.6 Å². The first-order chi connectivity index (χ1) is 19.0. The van der Waals surface area contributed by atoms with Gasteiger partial charge in [-0.15, -0.1) is 0 Å². The minimum Gasteiger partial charge on any atom is -0.462 e. The van der Waals surface area contributed by atoms with Gasteiger partial charge in [0.1, 0.15) is 41.5 Å². The normalized spacial score (nSPS) is 23.3. The van der Waals surface area contributed by atoms with Crippen LogP contribution in [-0.4, -0.2) is 88.3 Å². The Labute approximate surface area is 234 Å². The predicted octanol–water partition coefficient (Wildman–Crippen LogP) is 1.54. The van der Waals surface area contributed by atoms with Gasteiger partial charge in [0.2, 0.25) is 0 Å². The minimum absolute atomic E-state index is 0.0436. The van der Waals surface area contributed by atoms with Crippen LogP contribution in [0.4, 0.5) is 0 Å². The maximum Gasteiger partial charge on any atom is 0.466 e. The summed E-state index contributed by atoms with van der Waals surface area (Å²) in [6.45, 7) is -0.413. The van der Waals surface area contributed by atoms with Crippen LogP contribution in [0.2, 0.25) is 0 Å². The molecule has 2 aromatic carbocycles. The van der Waals surface area contributed by atoms with E-state index in [1.165, 1.54) is 12.1 Å². The molecule has 1 fully saturated rings. The molecule has 1 aliphatic heterocycles. The van der Waals surface area contributed by atoms with Crippen molar-refractivity contribution in [2.45, 2.75) is 49.1 Å². The van der Waals surface area contributed by atoms with E-state index in [0.29, 0.717) is 30.2 Å². The summed E-state index contributed by atoms with van der Waals surface area (Å²) in [6.07, 6.45) is -5.50. The number of hydrogen-bond donors (Lipinski definition) is 4. The van der Waals surface area contributed by atoms with Crippen molar-refractivity contribution in [1.29, 1.82) is 0 Å². The number of benzene rings is 2. The Morgan fingerprint density at radius 3 is 2.00 bits per heavy atom. The number of oxime groups is 1. The molecule has 40 heavy (non-hydrogen) atoms. The number of aliphatic hydroxyl groups excluding tert-OH is 3. The Bertz CT molecular complexity index is 1240. The Morgan fingerprint density at radius 1 is 0.850 bits per heavy atom. The summed E-state index contributed by atoms with van der Waals surface area (Å²) in [5.74, 6) is -1.21. The van der Waals surface area contributed by atoms with Crippen LogP contribution in [0.5, 0.6) is 0 Å². The molecule has 0 radical (unpaired) electrons. The Kier molecular flexibility index (Phi) is 11.9. The van der Waals surface area contributed by atoms with Gasteiger partial charge in [-0.2, -0.15) is 8.42 Å². The van der Waals surface area contributed by atoms with Gasteiger partial charge < -0.3 is 29.5 Å². The highest BCUT2D eigenvalue weighted by Gasteiger charge is 2.45. The van der Waals surface area contributed by atoms with E-state index >= 15 is 0 Å². The quantitative estimate of drug-likeness (QED) is 0.0685. The molecule has 5 atom stereocenters. The first-order valence-corrected chi connectivity index (χ1v) is 14.3. The summed E-state index contributed by atoms with van der Waals surface area (Å²) in [7, 11) is -4.95. The third-order valence-electron chi connectivity index (χ3n) is 5.57. The molecule has 218 valence electrons. The maximum absolute atomic E-state index is 12.2. The van der Waals surface area contributed by atoms with E-state index in [1.54, 1.807) is 48.5 Å². The number of rotatable bonds is 12. The van der Waals surface area contributed by atoms with E-state index < -0.39 is 58.8 Å². The van der Waals surface area contributed by atoms with Crippen molar-refractivity contribution in [3.8, 4) is 0 Å². The topological polar surface area (TPSA) is 198 Å². The molecule has 0 saturated carbocycles. The highest BCUT2D eigenvalue weighted by Crippen LogP contribution is 2.31. The second-order valence-corrected chi connectivity index (χ2v) is 10.7. The fraction of sp³-hybridized carbons (Fsp3) is 0.400. The number of ether oxygens (including phenoxy) is 3. The van der Waals surface area contributed by atoms with Crippen molar-refractivity contribution in [2.24, 2.45) is 5.16 Å². The SMILES string of the molecule is O=C(OCCCCC(=NOS(=O)(=O)O)SC1OC(COC(=O)c2ccccc2)C(O)C(O)C1O)c1ccccc1. The van der Waals surface area contributed by atoms with Crippen LogP contribution < -0.4 is 0 Å². The molecule has 0 bridgehead atoms. The Balaban J connectivity index is 1.58. The highest BCUT2D eigenvalue weighted by molar-refractivity contribution is 8.14. The molecule has 0 aromatic heterocycles. The number of thioether (sulfide) groups is 1. The van der Waals surface area contributed by atoms with Crippen LogP contribution in [0.25, 0.3) is 0 Å². The zero-order chi connectivity index (χ0) is 29.1. The van der Waals surface area contributed by atoms with E-state index in [0.717, 1.165) is 0 Å². The lowest BCUT2D eigenvalue weighted by atomic mass is 10.0. The van der Waals surface area contributed by atoms with E-state index in [1.807, 2.05) is 0 Å². The monoisotopic (exact) mass is 599 g/mol. The van der Waals surface area contributed by atoms with Gasteiger partial charge in [0, 0.05) is 0 Å². The molecule has 1 heterocycles. The molecule has 4 N–H and O–H groups in total. The molecule has 1 aliphatic rings. The van der Waals surface area contributed by atoms with Crippen molar-refractivity contribution in [2.75, 3.05) is 13.2 Å². The van der Waals surface area contributed by atoms with Gasteiger partial charge in [-0.25, -0.2) is 13.9 Å². The summed E-state index contributed by atoms with van der Waals surface area (Å²) in [5.41, 5.74) is -0.654. The molecular formula is C25H29NO12S2. The number of unbranched alkanes of at least 4 members (excludes halogenated alkanes) is 1. The summed E-state index contributed by atoms with van der Waals surface area (Å²) >= 11 is 0.674. The van der Waals surface area contributed by atoms with E-state index in [2.05, 4.69) is 9.44 Å². The van der Waals surface area contributed by atoms with Gasteiger partial charge in [-0.05, 0) is 43.5 Å². The van der Waals surface area contributed by atoms with Crippen molar-refractivity contribution in [3.05, 3.63) is 71.8 Å². The van der Waals surface area contributed by atoms with Crippen molar-refractivity contribution < 1.29 is 56.4 Å². The molecular weight excluding hydrogens is 570 g/mol. The van der Waals surface area contributed by atoms with Crippen LogP contribution in [-0.2, 0) is 28.9 Å². The number of nitrogens with zero attached hydrogens (tertiary/aromatic N) is 1. The lowest BCUT2D eigenvalue weighted by Crippen LogP contribution is -2.58. The van der Waals surface area contributed by atoms with Gasteiger partial charge in [0.15, 0.2) is 0 Å². The molecule has 2 aromatic rings. The summed E-state index contributed by atoms with van der Waals surface area (Å²) < 4.78 is 51.1. The molecule has 1 saturated heterocycles. The van der Waals surface area contributed by atoms with Crippen LogP contribution in [0.1, 0.15) is 40.0 Å². The number of carbonyl (C=O) groups excluding carboxylic acids is 2. The van der Waals surface area contributed by atoms with Gasteiger partial charge in [0.05, 0.1) is 17.7 Å². The lowest BCUT2D eigenvalue weighted by Gasteiger charge is -2.39. The lowest BCUT2D eigenvalue weighted by molar-refractivity contribution is -0.205. The Morgan fingerprint density at radius 2 is 1.43 bits per heavy atom. The number of esters is 2. The zero-order valence-electron chi connectivity index (χ0n) is 21.0. The number of aliphatic hydroxyl groups is 3. The number of hydrogen-bond acceptors (Lipinski definition) is 13. The van der Waals surface area contributed by atoms with E-state index in [4.69, 9.17) is 18.8 Å². The predicted molar refractivity (Wildman–Crippen MR) is 142 cm³/mol. The third kappa shape index (κ3) is 9.85. The molecule has 5 unspecified atom stereocenters. The highest BCUT2D eigenvalue weighted by atomic mass is 32.3. The van der Waals surface area contributed by atoms with Gasteiger partial charge in [0.25, 0.3) is 0 Å². The van der Waals surface area contributed by atoms with Crippen LogP contribution >= 0.6 is 11.8 Å². The third-order valence-corrected chi connectivity index (χ3v) is 7.01. The first-order valence-electron chi connectivity index (χ1n) is 12.1. The molecule has 3 rings (SSSR count). The second kappa shape index (κ2) is 15.1. The van der Waals surface area contributed by atoms with Crippen molar-refractivity contribution in [1.82, 2.24) is 0 Å². The van der Waals surface area contributed by atoms with Gasteiger partial charge in [-0.3, -0.25) is 4.55 Å². The average molecular weight is 600 g/mol. The summed E-state index contributed by atoms with van der Waals surface area (Å²) in [4.78, 5) is 24.3. The van der Waals surface area contributed by atoms with E-state index in [9.17, 15) is 33.3 Å². The van der Waals surface area contributed by atoms with Crippen molar-refractivity contribution in [3.63, 3.8) is 0 Å². The second-order valence-electron chi connectivity index (χ2n) is 8.54. The van der Waals surface area contributed by atoms with Gasteiger partial charge in [-0.1, -0.05) is 53.3 Å².